The largest absolute Gasteiger partial charge is 0.481 e. The quantitative estimate of drug-likeness (QED) is 0.0796. The summed E-state index contributed by atoms with van der Waals surface area (Å²) in [4.78, 5) is 66.9. The highest BCUT2D eigenvalue weighted by Crippen LogP contribution is 2.05. The molecule has 3 amide bonds. The molecule has 14 nitrogen and oxygen atoms in total. The van der Waals surface area contributed by atoms with Gasteiger partial charge < -0.3 is 42.6 Å². The highest BCUT2D eigenvalue weighted by atomic mass is 32.1. The third kappa shape index (κ3) is 11.2. The molecule has 10 N–H and O–H groups in total. The lowest BCUT2D eigenvalue weighted by atomic mass is 10.1. The molecule has 1 aromatic heterocycles. The fourth-order valence-electron chi connectivity index (χ4n) is 3.01. The highest BCUT2D eigenvalue weighted by Gasteiger charge is 2.30. The van der Waals surface area contributed by atoms with E-state index >= 15 is 0 Å². The molecule has 0 bridgehead atoms. The Labute approximate surface area is 207 Å². The number of hydrogen-bond acceptors (Lipinski definition) is 9. The summed E-state index contributed by atoms with van der Waals surface area (Å²) in [6.45, 7) is 0.464. The maximum Gasteiger partial charge on any atom is 0.326 e. The van der Waals surface area contributed by atoms with Gasteiger partial charge in [-0.1, -0.05) is 6.42 Å². The summed E-state index contributed by atoms with van der Waals surface area (Å²) < 4.78 is 0. The van der Waals surface area contributed by atoms with E-state index in [4.69, 9.17) is 16.6 Å². The molecule has 0 fully saturated rings. The number of rotatable bonds is 17. The van der Waals surface area contributed by atoms with Crippen molar-refractivity contribution in [3.05, 3.63) is 18.2 Å². The molecule has 0 aliphatic carbocycles. The number of H-pyrrole nitrogens is 1. The maximum absolute atomic E-state index is 13.0. The van der Waals surface area contributed by atoms with Crippen LogP contribution in [0.5, 0.6) is 0 Å². The average molecular weight is 516 g/mol. The summed E-state index contributed by atoms with van der Waals surface area (Å²) in [5.41, 5.74) is 11.9. The fourth-order valence-corrected chi connectivity index (χ4v) is 3.26. The first-order chi connectivity index (χ1) is 16.6. The van der Waals surface area contributed by atoms with Crippen LogP contribution in [0, 0.1) is 0 Å². The van der Waals surface area contributed by atoms with Crippen LogP contribution >= 0.6 is 12.6 Å². The van der Waals surface area contributed by atoms with Crippen LogP contribution in [0.25, 0.3) is 0 Å². The Balaban J connectivity index is 2.88. The molecule has 0 saturated heterocycles. The molecule has 0 aliphatic rings. The first kappa shape index (κ1) is 29.9. The monoisotopic (exact) mass is 515 g/mol. The standard InChI is InChI=1S/C20H33N7O7S/c21-6-2-1-3-12(22)17(30)26-14(7-11-8-23-10-24-11)18(31)27-15(9-35)19(32)25-13(20(33)34)4-5-16(28)29/h8,10,12-15,35H,1-7,9,21-22H2,(H,23,24)(H,25,32)(H,26,30)(H,27,31)(H,28,29)(H,33,34). The summed E-state index contributed by atoms with van der Waals surface area (Å²) in [5, 5.41) is 25.2. The number of carboxylic acid groups (broad SMARTS) is 2. The number of carboxylic acids is 2. The van der Waals surface area contributed by atoms with Crippen molar-refractivity contribution in [2.24, 2.45) is 11.5 Å². The van der Waals surface area contributed by atoms with Gasteiger partial charge in [0.1, 0.15) is 18.1 Å². The highest BCUT2D eigenvalue weighted by molar-refractivity contribution is 7.80. The number of carbonyl (C=O) groups excluding carboxylic acids is 3. The summed E-state index contributed by atoms with van der Waals surface area (Å²) in [5.74, 6) is -4.98. The minimum atomic E-state index is -1.47. The van der Waals surface area contributed by atoms with Crippen LogP contribution in [0.4, 0.5) is 0 Å². The summed E-state index contributed by atoms with van der Waals surface area (Å²) in [7, 11) is 0. The number of unbranched alkanes of at least 4 members (excludes halogenated alkanes) is 1. The maximum atomic E-state index is 13.0. The first-order valence-corrected chi connectivity index (χ1v) is 11.6. The number of nitrogens with one attached hydrogen (secondary N) is 4. The van der Waals surface area contributed by atoms with E-state index in [1.165, 1.54) is 12.5 Å². The van der Waals surface area contributed by atoms with E-state index in [1.807, 2.05) is 0 Å². The minimum Gasteiger partial charge on any atom is -0.481 e. The number of imidazole rings is 1. The summed E-state index contributed by atoms with van der Waals surface area (Å²) in [6.07, 6.45) is 3.77. The lowest BCUT2D eigenvalue weighted by Gasteiger charge is -2.24. The molecule has 196 valence electrons. The predicted molar refractivity (Wildman–Crippen MR) is 127 cm³/mol. The molecule has 1 rings (SSSR count). The minimum absolute atomic E-state index is 0.0182. The Morgan fingerprint density at radius 3 is 2.14 bits per heavy atom. The Kier molecular flexibility index (Phi) is 13.4. The van der Waals surface area contributed by atoms with Gasteiger partial charge in [0.2, 0.25) is 17.7 Å². The van der Waals surface area contributed by atoms with Gasteiger partial charge in [-0.3, -0.25) is 19.2 Å². The number of amides is 3. The molecule has 4 atom stereocenters. The topological polar surface area (TPSA) is 243 Å². The van der Waals surface area contributed by atoms with Crippen LogP contribution in [0.15, 0.2) is 12.5 Å². The van der Waals surface area contributed by atoms with Gasteiger partial charge in [0.25, 0.3) is 0 Å². The Hall–Kier alpha value is -3.17. The molecule has 4 unspecified atom stereocenters. The molecule has 15 heteroatoms. The third-order valence-electron chi connectivity index (χ3n) is 4.99. The first-order valence-electron chi connectivity index (χ1n) is 11.0. The number of aromatic amines is 1. The van der Waals surface area contributed by atoms with Crippen molar-refractivity contribution in [2.45, 2.75) is 62.7 Å². The van der Waals surface area contributed by atoms with Crippen molar-refractivity contribution in [3.63, 3.8) is 0 Å². The number of hydrogen-bond donors (Lipinski definition) is 9. The zero-order chi connectivity index (χ0) is 26.4. The average Bonchev–Trinajstić information content (AvgIpc) is 3.32. The fraction of sp³-hybridized carbons (Fsp3) is 0.600. The molecule has 0 saturated carbocycles. The normalized spacial score (nSPS) is 14.3. The van der Waals surface area contributed by atoms with Gasteiger partial charge in [-0.2, -0.15) is 12.6 Å². The van der Waals surface area contributed by atoms with Crippen LogP contribution < -0.4 is 27.4 Å². The molecule has 35 heavy (non-hydrogen) atoms. The smallest absolute Gasteiger partial charge is 0.326 e. The molecule has 0 spiro atoms. The predicted octanol–water partition coefficient (Wildman–Crippen LogP) is -2.26. The molecular formula is C20H33N7O7S. The third-order valence-corrected chi connectivity index (χ3v) is 5.36. The second-order valence-electron chi connectivity index (χ2n) is 7.81. The van der Waals surface area contributed by atoms with E-state index in [1.54, 1.807) is 0 Å². The Morgan fingerprint density at radius 2 is 1.60 bits per heavy atom. The van der Waals surface area contributed by atoms with Gasteiger partial charge in [-0.05, 0) is 25.8 Å². The van der Waals surface area contributed by atoms with Crippen LogP contribution in [-0.2, 0) is 30.4 Å². The van der Waals surface area contributed by atoms with Crippen molar-refractivity contribution < 1.29 is 34.2 Å². The van der Waals surface area contributed by atoms with E-state index < -0.39 is 60.2 Å². The van der Waals surface area contributed by atoms with Crippen molar-refractivity contribution in [1.29, 1.82) is 0 Å². The molecule has 1 heterocycles. The summed E-state index contributed by atoms with van der Waals surface area (Å²) >= 11 is 4.05. The molecular weight excluding hydrogens is 482 g/mol. The van der Waals surface area contributed by atoms with Crippen molar-refractivity contribution in [1.82, 2.24) is 25.9 Å². The van der Waals surface area contributed by atoms with E-state index in [0.29, 0.717) is 31.5 Å². The lowest BCUT2D eigenvalue weighted by Crippen LogP contribution is -2.58. The summed E-state index contributed by atoms with van der Waals surface area (Å²) in [6, 6.07) is -4.71. The number of nitrogens with two attached hydrogens (primary N) is 2. The molecule has 1 aromatic rings. The van der Waals surface area contributed by atoms with Gasteiger partial charge in [-0.15, -0.1) is 0 Å². The van der Waals surface area contributed by atoms with Crippen LogP contribution in [0.2, 0.25) is 0 Å². The van der Waals surface area contributed by atoms with E-state index in [0.717, 1.165) is 0 Å². The van der Waals surface area contributed by atoms with Crippen molar-refractivity contribution >= 4 is 42.3 Å². The van der Waals surface area contributed by atoms with E-state index in [2.05, 4.69) is 38.5 Å². The van der Waals surface area contributed by atoms with Crippen molar-refractivity contribution in [3.8, 4) is 0 Å². The lowest BCUT2D eigenvalue weighted by molar-refractivity contribution is -0.143. The number of thiol groups is 1. The zero-order valence-corrected chi connectivity index (χ0v) is 20.0. The van der Waals surface area contributed by atoms with E-state index in [-0.39, 0.29) is 18.6 Å². The number of nitrogens with zero attached hydrogens (tertiary/aromatic N) is 1. The number of aromatic nitrogens is 2. The van der Waals surface area contributed by atoms with Gasteiger partial charge in [0.15, 0.2) is 0 Å². The zero-order valence-electron chi connectivity index (χ0n) is 19.1. The second-order valence-corrected chi connectivity index (χ2v) is 8.17. The van der Waals surface area contributed by atoms with Crippen LogP contribution in [0.3, 0.4) is 0 Å². The van der Waals surface area contributed by atoms with Crippen LogP contribution in [-0.4, -0.2) is 86.3 Å². The molecule has 0 aliphatic heterocycles. The second kappa shape index (κ2) is 15.7. The number of aliphatic carboxylic acids is 2. The van der Waals surface area contributed by atoms with Gasteiger partial charge >= 0.3 is 11.9 Å². The Bertz CT molecular complexity index is 853. The molecule has 0 aromatic carbocycles. The number of carbonyl (C=O) groups is 5. The van der Waals surface area contributed by atoms with Gasteiger partial charge in [0.05, 0.1) is 12.4 Å². The van der Waals surface area contributed by atoms with Crippen molar-refractivity contribution in [2.75, 3.05) is 12.3 Å². The Morgan fingerprint density at radius 1 is 0.971 bits per heavy atom. The van der Waals surface area contributed by atoms with E-state index in [9.17, 15) is 29.1 Å². The van der Waals surface area contributed by atoms with Crippen LogP contribution in [0.1, 0.15) is 37.8 Å². The van der Waals surface area contributed by atoms with Gasteiger partial charge in [-0.25, -0.2) is 9.78 Å². The SMILES string of the molecule is NCCCCC(N)C(=O)NC(Cc1cnc[nH]1)C(=O)NC(CS)C(=O)NC(CCC(=O)O)C(=O)O. The molecule has 0 radical (unpaired) electrons. The van der Waals surface area contributed by atoms with Gasteiger partial charge in [0, 0.05) is 30.5 Å².